The first-order valence-corrected chi connectivity index (χ1v) is 10.7. The molecule has 2 aromatic carbocycles. The molecule has 33 heavy (non-hydrogen) atoms. The standard InChI is InChI=1S/C23H21N3O6S/c1-30-14-8-9-18(31-2)15(12-14)24-20(27)13-25-17-10-11-33-21(17)22(28)26(23(25)29)16-6-4-5-7-19(16)32-3/h4-12H,13H2,1-3H3,(H,24,27). The molecule has 0 aliphatic heterocycles. The fraction of sp³-hybridized carbons (Fsp3) is 0.174. The Hall–Kier alpha value is -4.05. The topological polar surface area (TPSA) is 101 Å². The van der Waals surface area contributed by atoms with Gasteiger partial charge in [0.2, 0.25) is 5.91 Å². The number of hydrogen-bond donors (Lipinski definition) is 1. The van der Waals surface area contributed by atoms with E-state index in [1.54, 1.807) is 53.9 Å². The largest absolute Gasteiger partial charge is 0.497 e. The average molecular weight is 468 g/mol. The Balaban J connectivity index is 1.79. The number of benzene rings is 2. The summed E-state index contributed by atoms with van der Waals surface area (Å²) in [5.74, 6) is 0.871. The van der Waals surface area contributed by atoms with Crippen LogP contribution in [0.4, 0.5) is 5.69 Å². The van der Waals surface area contributed by atoms with Crippen LogP contribution >= 0.6 is 11.3 Å². The molecule has 2 aromatic heterocycles. The number of carbonyl (C=O) groups excluding carboxylic acids is 1. The van der Waals surface area contributed by atoms with E-state index in [-0.39, 0.29) is 6.54 Å². The number of amides is 1. The Morgan fingerprint density at radius 2 is 1.73 bits per heavy atom. The molecule has 9 nitrogen and oxygen atoms in total. The molecular weight excluding hydrogens is 446 g/mol. The highest BCUT2D eigenvalue weighted by atomic mass is 32.1. The highest BCUT2D eigenvalue weighted by Crippen LogP contribution is 2.29. The van der Waals surface area contributed by atoms with Gasteiger partial charge in [-0.15, -0.1) is 11.3 Å². The van der Waals surface area contributed by atoms with Gasteiger partial charge in [-0.05, 0) is 35.7 Å². The van der Waals surface area contributed by atoms with E-state index >= 15 is 0 Å². The van der Waals surface area contributed by atoms with E-state index in [1.807, 2.05) is 0 Å². The van der Waals surface area contributed by atoms with Crippen LogP contribution < -0.4 is 30.8 Å². The van der Waals surface area contributed by atoms with Crippen molar-refractivity contribution in [2.45, 2.75) is 6.54 Å². The molecule has 2 heterocycles. The molecule has 0 atom stereocenters. The van der Waals surface area contributed by atoms with E-state index in [4.69, 9.17) is 14.2 Å². The van der Waals surface area contributed by atoms with Crippen molar-refractivity contribution in [3.05, 3.63) is 74.7 Å². The Labute approximate surface area is 192 Å². The van der Waals surface area contributed by atoms with Gasteiger partial charge < -0.3 is 19.5 Å². The Morgan fingerprint density at radius 3 is 2.45 bits per heavy atom. The Kier molecular flexibility index (Phi) is 6.18. The number of para-hydroxylation sites is 2. The number of thiophene rings is 1. The first-order chi connectivity index (χ1) is 16.0. The van der Waals surface area contributed by atoms with Crippen molar-refractivity contribution in [3.63, 3.8) is 0 Å². The number of ether oxygens (including phenoxy) is 3. The van der Waals surface area contributed by atoms with Gasteiger partial charge in [0.15, 0.2) is 0 Å². The van der Waals surface area contributed by atoms with Gasteiger partial charge in [-0.3, -0.25) is 14.2 Å². The third-order valence-corrected chi connectivity index (χ3v) is 5.95. The predicted octanol–water partition coefficient (Wildman–Crippen LogP) is 2.88. The van der Waals surface area contributed by atoms with Gasteiger partial charge in [0, 0.05) is 6.07 Å². The molecule has 0 spiro atoms. The SMILES string of the molecule is COc1ccc(OC)c(NC(=O)Cn2c(=O)n(-c3ccccc3OC)c(=O)c3sccc32)c1. The number of methoxy groups -OCH3 is 3. The van der Waals surface area contributed by atoms with Crippen molar-refractivity contribution < 1.29 is 19.0 Å². The molecule has 0 radical (unpaired) electrons. The van der Waals surface area contributed by atoms with Gasteiger partial charge in [-0.2, -0.15) is 0 Å². The molecule has 170 valence electrons. The van der Waals surface area contributed by atoms with Crippen molar-refractivity contribution in [2.75, 3.05) is 26.6 Å². The molecule has 0 fully saturated rings. The number of nitrogens with one attached hydrogen (secondary N) is 1. The zero-order valence-corrected chi connectivity index (χ0v) is 19.0. The number of carbonyl (C=O) groups is 1. The fourth-order valence-electron chi connectivity index (χ4n) is 3.51. The molecule has 4 rings (SSSR count). The van der Waals surface area contributed by atoms with Gasteiger partial charge in [0.1, 0.15) is 28.5 Å². The van der Waals surface area contributed by atoms with E-state index in [9.17, 15) is 14.4 Å². The normalized spacial score (nSPS) is 10.8. The van der Waals surface area contributed by atoms with Crippen molar-refractivity contribution in [2.24, 2.45) is 0 Å². The van der Waals surface area contributed by atoms with Gasteiger partial charge in [0.05, 0.1) is 38.2 Å². The van der Waals surface area contributed by atoms with E-state index in [2.05, 4.69) is 5.32 Å². The van der Waals surface area contributed by atoms with Crippen LogP contribution in [0.5, 0.6) is 17.2 Å². The Bertz CT molecular complexity index is 1450. The zero-order chi connectivity index (χ0) is 23.5. The van der Waals surface area contributed by atoms with Crippen molar-refractivity contribution in [3.8, 4) is 22.9 Å². The molecule has 1 amide bonds. The second-order valence-corrected chi connectivity index (χ2v) is 7.85. The number of rotatable bonds is 7. The van der Waals surface area contributed by atoms with Crippen LogP contribution in [0, 0.1) is 0 Å². The summed E-state index contributed by atoms with van der Waals surface area (Å²) in [6, 6.07) is 13.4. The number of fused-ring (bicyclic) bond motifs is 1. The van der Waals surface area contributed by atoms with Crippen LogP contribution in [0.3, 0.4) is 0 Å². The zero-order valence-electron chi connectivity index (χ0n) is 18.2. The van der Waals surface area contributed by atoms with Crippen LogP contribution in [-0.2, 0) is 11.3 Å². The summed E-state index contributed by atoms with van der Waals surface area (Å²) in [5, 5.41) is 4.46. The van der Waals surface area contributed by atoms with E-state index < -0.39 is 17.2 Å². The molecule has 0 unspecified atom stereocenters. The lowest BCUT2D eigenvalue weighted by Crippen LogP contribution is -2.40. The highest BCUT2D eigenvalue weighted by Gasteiger charge is 2.20. The molecule has 0 saturated carbocycles. The molecule has 0 bridgehead atoms. The predicted molar refractivity (Wildman–Crippen MR) is 126 cm³/mol. The number of hydrogen-bond acceptors (Lipinski definition) is 7. The summed E-state index contributed by atoms with van der Waals surface area (Å²) in [4.78, 5) is 39.5. The maximum absolute atomic E-state index is 13.4. The minimum Gasteiger partial charge on any atom is -0.497 e. The van der Waals surface area contributed by atoms with Crippen LogP contribution in [0.2, 0.25) is 0 Å². The van der Waals surface area contributed by atoms with E-state index in [0.29, 0.717) is 38.8 Å². The number of nitrogens with zero attached hydrogens (tertiary/aromatic N) is 2. The number of aromatic nitrogens is 2. The van der Waals surface area contributed by atoms with Crippen molar-refractivity contribution in [1.29, 1.82) is 0 Å². The molecular formula is C23H21N3O6S. The third-order valence-electron chi connectivity index (χ3n) is 5.06. The van der Waals surface area contributed by atoms with E-state index in [1.165, 1.54) is 37.2 Å². The van der Waals surface area contributed by atoms with Crippen molar-refractivity contribution >= 4 is 33.1 Å². The van der Waals surface area contributed by atoms with Gasteiger partial charge >= 0.3 is 5.69 Å². The van der Waals surface area contributed by atoms with Crippen LogP contribution in [-0.4, -0.2) is 36.4 Å². The van der Waals surface area contributed by atoms with E-state index in [0.717, 1.165) is 4.57 Å². The first kappa shape index (κ1) is 22.2. The molecule has 0 aliphatic rings. The number of anilines is 1. The first-order valence-electron chi connectivity index (χ1n) is 9.86. The Morgan fingerprint density at radius 1 is 0.970 bits per heavy atom. The van der Waals surface area contributed by atoms with Crippen LogP contribution in [0.15, 0.2) is 63.5 Å². The molecule has 1 N–H and O–H groups in total. The average Bonchev–Trinajstić information content (AvgIpc) is 3.32. The van der Waals surface area contributed by atoms with Gasteiger partial charge in [0.25, 0.3) is 5.56 Å². The highest BCUT2D eigenvalue weighted by molar-refractivity contribution is 7.17. The molecule has 10 heteroatoms. The fourth-order valence-corrected chi connectivity index (χ4v) is 4.34. The van der Waals surface area contributed by atoms with Gasteiger partial charge in [-0.25, -0.2) is 9.36 Å². The summed E-state index contributed by atoms with van der Waals surface area (Å²) in [5.41, 5.74) is -0.0406. The molecule has 4 aromatic rings. The lowest BCUT2D eigenvalue weighted by Gasteiger charge is -2.15. The second-order valence-electron chi connectivity index (χ2n) is 6.93. The minimum absolute atomic E-state index is 0.300. The smallest absolute Gasteiger partial charge is 0.336 e. The summed E-state index contributed by atoms with van der Waals surface area (Å²) in [6.45, 7) is -0.318. The third kappa shape index (κ3) is 4.08. The summed E-state index contributed by atoms with van der Waals surface area (Å²) in [6.07, 6.45) is 0. The summed E-state index contributed by atoms with van der Waals surface area (Å²) < 4.78 is 18.5. The lowest BCUT2D eigenvalue weighted by atomic mass is 10.2. The second kappa shape index (κ2) is 9.21. The monoisotopic (exact) mass is 467 g/mol. The van der Waals surface area contributed by atoms with Crippen LogP contribution in [0.25, 0.3) is 15.9 Å². The van der Waals surface area contributed by atoms with Crippen LogP contribution in [0.1, 0.15) is 0 Å². The molecule has 0 saturated heterocycles. The minimum atomic E-state index is -0.650. The maximum atomic E-state index is 13.4. The quantitative estimate of drug-likeness (QED) is 0.449. The summed E-state index contributed by atoms with van der Waals surface area (Å²) in [7, 11) is 4.46. The van der Waals surface area contributed by atoms with Crippen molar-refractivity contribution in [1.82, 2.24) is 9.13 Å². The maximum Gasteiger partial charge on any atom is 0.336 e. The lowest BCUT2D eigenvalue weighted by molar-refractivity contribution is -0.116. The van der Waals surface area contributed by atoms with Gasteiger partial charge in [-0.1, -0.05) is 12.1 Å². The molecule has 0 aliphatic carbocycles. The summed E-state index contributed by atoms with van der Waals surface area (Å²) >= 11 is 1.20.